The van der Waals surface area contributed by atoms with Crippen molar-refractivity contribution in [1.29, 1.82) is 0 Å². The van der Waals surface area contributed by atoms with E-state index in [1.807, 2.05) is 0 Å². The lowest BCUT2D eigenvalue weighted by atomic mass is 10.0. The summed E-state index contributed by atoms with van der Waals surface area (Å²) in [5.74, 6) is -0.391. The average molecular weight is 405 g/mol. The standard InChI is InChI=1S/C21H40O7/c1-2-3-4-8-11-19(25)20(26)14-13-17(23)10-7-5-6-9-12-21(27)28-16-18(24)15-22/h13-14,17-20,22-26H,2-12,15-16H2,1H3. The van der Waals surface area contributed by atoms with Gasteiger partial charge in [-0.1, -0.05) is 64.0 Å². The highest BCUT2D eigenvalue weighted by atomic mass is 16.5. The number of esters is 1. The van der Waals surface area contributed by atoms with E-state index in [4.69, 9.17) is 14.9 Å². The molecule has 0 heterocycles. The SMILES string of the molecule is CCCCCCC(O)C(O)C=CC(O)CCCCCCC(=O)OCC(O)CO. The average Bonchev–Trinajstić information content (AvgIpc) is 2.69. The van der Waals surface area contributed by atoms with Gasteiger partial charge in [0.15, 0.2) is 0 Å². The maximum atomic E-state index is 11.4. The quantitative estimate of drug-likeness (QED) is 0.134. The van der Waals surface area contributed by atoms with Gasteiger partial charge in [0.2, 0.25) is 0 Å². The Hall–Kier alpha value is -0.990. The zero-order chi connectivity index (χ0) is 21.2. The fraction of sp³-hybridized carbons (Fsp3) is 0.857. The Balaban J connectivity index is 3.71. The van der Waals surface area contributed by atoms with Crippen molar-refractivity contribution in [3.05, 3.63) is 12.2 Å². The minimum Gasteiger partial charge on any atom is -0.463 e. The normalized spacial score (nSPS) is 16.1. The molecule has 7 nitrogen and oxygen atoms in total. The maximum absolute atomic E-state index is 11.4. The van der Waals surface area contributed by atoms with Crippen LogP contribution in [-0.4, -0.2) is 69.1 Å². The molecule has 0 aliphatic carbocycles. The van der Waals surface area contributed by atoms with Crippen molar-refractivity contribution in [3.8, 4) is 0 Å². The van der Waals surface area contributed by atoms with Crippen LogP contribution in [0.3, 0.4) is 0 Å². The molecule has 0 saturated carbocycles. The molecule has 7 heteroatoms. The van der Waals surface area contributed by atoms with Crippen molar-refractivity contribution in [2.24, 2.45) is 0 Å². The minimum atomic E-state index is -1.03. The number of hydrogen-bond donors (Lipinski definition) is 5. The Labute approximate surface area is 169 Å². The van der Waals surface area contributed by atoms with Crippen LogP contribution in [0.4, 0.5) is 0 Å². The Kier molecular flexibility index (Phi) is 17.4. The van der Waals surface area contributed by atoms with Crippen LogP contribution in [0.5, 0.6) is 0 Å². The summed E-state index contributed by atoms with van der Waals surface area (Å²) in [6.07, 6.45) is 8.29. The van der Waals surface area contributed by atoms with Gasteiger partial charge in [-0.2, -0.15) is 0 Å². The highest BCUT2D eigenvalue weighted by Gasteiger charge is 2.13. The highest BCUT2D eigenvalue weighted by Crippen LogP contribution is 2.11. The summed E-state index contributed by atoms with van der Waals surface area (Å²) < 4.78 is 4.81. The fourth-order valence-electron chi connectivity index (χ4n) is 2.71. The van der Waals surface area contributed by atoms with Crippen LogP contribution in [-0.2, 0) is 9.53 Å². The molecule has 28 heavy (non-hydrogen) atoms. The topological polar surface area (TPSA) is 127 Å². The lowest BCUT2D eigenvalue weighted by Gasteiger charge is -2.15. The number of carbonyl (C=O) groups is 1. The lowest BCUT2D eigenvalue weighted by molar-refractivity contribution is -0.147. The molecule has 0 fully saturated rings. The second kappa shape index (κ2) is 18.1. The highest BCUT2D eigenvalue weighted by molar-refractivity contribution is 5.69. The van der Waals surface area contributed by atoms with E-state index in [9.17, 15) is 20.1 Å². The molecule has 166 valence electrons. The summed E-state index contributed by atoms with van der Waals surface area (Å²) in [6.45, 7) is 1.50. The van der Waals surface area contributed by atoms with Gasteiger partial charge in [0.25, 0.3) is 0 Å². The summed E-state index contributed by atoms with van der Waals surface area (Å²) >= 11 is 0. The van der Waals surface area contributed by atoms with Crippen LogP contribution in [0.1, 0.15) is 77.6 Å². The van der Waals surface area contributed by atoms with Crippen molar-refractivity contribution in [3.63, 3.8) is 0 Å². The van der Waals surface area contributed by atoms with Crippen molar-refractivity contribution >= 4 is 5.97 Å². The first-order valence-corrected chi connectivity index (χ1v) is 10.6. The van der Waals surface area contributed by atoms with Crippen LogP contribution in [0.2, 0.25) is 0 Å². The van der Waals surface area contributed by atoms with E-state index in [1.54, 1.807) is 0 Å². The Bertz CT molecular complexity index is 400. The molecule has 0 aliphatic rings. The second-order valence-corrected chi connectivity index (χ2v) is 7.33. The van der Waals surface area contributed by atoms with E-state index in [2.05, 4.69) is 6.92 Å². The molecule has 4 unspecified atom stereocenters. The molecule has 4 atom stereocenters. The van der Waals surface area contributed by atoms with Gasteiger partial charge in [0.05, 0.1) is 24.9 Å². The number of carbonyl (C=O) groups excluding carboxylic acids is 1. The minimum absolute atomic E-state index is 0.187. The summed E-state index contributed by atoms with van der Waals surface area (Å²) in [6, 6.07) is 0. The monoisotopic (exact) mass is 404 g/mol. The Morgan fingerprint density at radius 1 is 0.893 bits per heavy atom. The smallest absolute Gasteiger partial charge is 0.305 e. The first kappa shape index (κ1) is 27.0. The second-order valence-electron chi connectivity index (χ2n) is 7.33. The summed E-state index contributed by atoms with van der Waals surface area (Å²) in [5.41, 5.74) is 0. The van der Waals surface area contributed by atoms with E-state index < -0.39 is 37.0 Å². The van der Waals surface area contributed by atoms with Gasteiger partial charge < -0.3 is 30.3 Å². The zero-order valence-electron chi connectivity index (χ0n) is 17.2. The number of unbranched alkanes of at least 4 members (excludes halogenated alkanes) is 6. The van der Waals surface area contributed by atoms with Crippen molar-refractivity contribution in [2.75, 3.05) is 13.2 Å². The van der Waals surface area contributed by atoms with Gasteiger partial charge in [0.1, 0.15) is 12.7 Å². The van der Waals surface area contributed by atoms with Crippen molar-refractivity contribution in [1.82, 2.24) is 0 Å². The molecule has 0 saturated heterocycles. The molecular weight excluding hydrogens is 364 g/mol. The van der Waals surface area contributed by atoms with Gasteiger partial charge in [-0.3, -0.25) is 4.79 Å². The first-order chi connectivity index (χ1) is 13.4. The van der Waals surface area contributed by atoms with Crippen LogP contribution in [0.15, 0.2) is 12.2 Å². The van der Waals surface area contributed by atoms with Gasteiger partial charge in [-0.05, 0) is 19.3 Å². The van der Waals surface area contributed by atoms with Gasteiger partial charge >= 0.3 is 5.97 Å². The van der Waals surface area contributed by atoms with E-state index in [1.165, 1.54) is 12.2 Å². The van der Waals surface area contributed by atoms with E-state index >= 15 is 0 Å². The van der Waals surface area contributed by atoms with Gasteiger partial charge in [-0.25, -0.2) is 0 Å². The number of aliphatic hydroxyl groups is 5. The predicted molar refractivity (Wildman–Crippen MR) is 108 cm³/mol. The molecule has 0 rings (SSSR count). The van der Waals surface area contributed by atoms with Crippen LogP contribution in [0, 0.1) is 0 Å². The van der Waals surface area contributed by atoms with E-state index in [0.717, 1.165) is 44.9 Å². The molecule has 0 aliphatic heterocycles. The number of hydrogen-bond acceptors (Lipinski definition) is 7. The van der Waals surface area contributed by atoms with E-state index in [0.29, 0.717) is 19.3 Å². The number of rotatable bonds is 18. The zero-order valence-corrected chi connectivity index (χ0v) is 17.2. The fourth-order valence-corrected chi connectivity index (χ4v) is 2.71. The van der Waals surface area contributed by atoms with Crippen molar-refractivity contribution < 1.29 is 35.1 Å². The summed E-state index contributed by atoms with van der Waals surface area (Å²) in [7, 11) is 0. The van der Waals surface area contributed by atoms with Crippen LogP contribution in [0.25, 0.3) is 0 Å². The number of ether oxygens (including phenoxy) is 1. The van der Waals surface area contributed by atoms with Gasteiger partial charge in [0, 0.05) is 6.42 Å². The maximum Gasteiger partial charge on any atom is 0.305 e. The molecule has 0 aromatic rings. The van der Waals surface area contributed by atoms with Gasteiger partial charge in [-0.15, -0.1) is 0 Å². The molecule has 0 amide bonds. The lowest BCUT2D eigenvalue weighted by Crippen LogP contribution is -2.24. The molecular formula is C21H40O7. The largest absolute Gasteiger partial charge is 0.463 e. The Morgan fingerprint density at radius 3 is 2.21 bits per heavy atom. The third kappa shape index (κ3) is 16.0. The molecule has 0 radical (unpaired) electrons. The predicted octanol–water partition coefficient (Wildman–Crippen LogP) is 1.83. The molecule has 0 aromatic heterocycles. The Morgan fingerprint density at radius 2 is 1.54 bits per heavy atom. The van der Waals surface area contributed by atoms with Crippen LogP contribution >= 0.6 is 0 Å². The molecule has 0 aromatic carbocycles. The third-order valence-corrected chi connectivity index (χ3v) is 4.56. The summed E-state index contributed by atoms with van der Waals surface area (Å²) in [4.78, 5) is 11.4. The first-order valence-electron chi connectivity index (χ1n) is 10.6. The third-order valence-electron chi connectivity index (χ3n) is 4.56. The molecule has 0 bridgehead atoms. The molecule has 5 N–H and O–H groups in total. The van der Waals surface area contributed by atoms with E-state index in [-0.39, 0.29) is 13.0 Å². The van der Waals surface area contributed by atoms with Crippen molar-refractivity contribution in [2.45, 2.75) is 102 Å². The number of aliphatic hydroxyl groups excluding tert-OH is 5. The van der Waals surface area contributed by atoms with Crippen LogP contribution < -0.4 is 0 Å². The summed E-state index contributed by atoms with van der Waals surface area (Å²) in [5, 5.41) is 47.4. The molecule has 0 spiro atoms.